The number of guanidine groups is 1. The second kappa shape index (κ2) is 13.0. The Morgan fingerprint density at radius 1 is 1.03 bits per heavy atom. The predicted molar refractivity (Wildman–Crippen MR) is 153 cm³/mol. The van der Waals surface area contributed by atoms with E-state index in [0.717, 1.165) is 28.8 Å². The highest BCUT2D eigenvalue weighted by Gasteiger charge is 2.28. The average Bonchev–Trinajstić information content (AvgIpc) is 2.86. The van der Waals surface area contributed by atoms with Gasteiger partial charge in [0.2, 0.25) is 16.0 Å². The number of benzene rings is 3. The van der Waals surface area contributed by atoms with Crippen molar-refractivity contribution in [1.29, 1.82) is 5.26 Å². The zero-order valence-electron chi connectivity index (χ0n) is 22.4. The molecule has 0 saturated heterocycles. The SMILES string of the molecule is CCCN=C(NC#N)Nc1cccc(-c2ccc(CC(NS(=O)(=O)c3c(C)cc(C)cc3C)C(=O)O)cc2)c1. The Bertz CT molecular complexity index is 1490. The summed E-state index contributed by atoms with van der Waals surface area (Å²) in [4.78, 5) is 16.4. The number of nitriles is 1. The van der Waals surface area contributed by atoms with Crippen molar-refractivity contribution >= 4 is 27.6 Å². The summed E-state index contributed by atoms with van der Waals surface area (Å²) in [6, 6.07) is 17.1. The first-order valence-corrected chi connectivity index (χ1v) is 14.0. The van der Waals surface area contributed by atoms with Crippen LogP contribution < -0.4 is 15.4 Å². The highest BCUT2D eigenvalue weighted by molar-refractivity contribution is 7.89. The van der Waals surface area contributed by atoms with Gasteiger partial charge in [-0.15, -0.1) is 0 Å². The first-order valence-electron chi connectivity index (χ1n) is 12.5. The first kappa shape index (κ1) is 29.4. The largest absolute Gasteiger partial charge is 0.480 e. The molecule has 1 atom stereocenters. The van der Waals surface area contributed by atoms with Crippen LogP contribution in [-0.2, 0) is 21.2 Å². The van der Waals surface area contributed by atoms with E-state index in [4.69, 9.17) is 5.26 Å². The summed E-state index contributed by atoms with van der Waals surface area (Å²) in [5, 5.41) is 24.4. The number of hydrogen-bond donors (Lipinski definition) is 4. The van der Waals surface area contributed by atoms with Crippen molar-refractivity contribution in [2.45, 2.75) is 51.5 Å². The lowest BCUT2D eigenvalue weighted by Gasteiger charge is -2.18. The van der Waals surface area contributed by atoms with E-state index in [1.54, 1.807) is 38.1 Å². The molecular formula is C29H33N5O4S. The van der Waals surface area contributed by atoms with Gasteiger partial charge < -0.3 is 10.4 Å². The molecular weight excluding hydrogens is 514 g/mol. The van der Waals surface area contributed by atoms with Gasteiger partial charge in [0.15, 0.2) is 6.19 Å². The third kappa shape index (κ3) is 7.89. The molecule has 0 amide bonds. The van der Waals surface area contributed by atoms with Gasteiger partial charge in [-0.1, -0.05) is 61.0 Å². The maximum Gasteiger partial charge on any atom is 0.322 e. The van der Waals surface area contributed by atoms with Gasteiger partial charge in [0, 0.05) is 12.2 Å². The molecule has 204 valence electrons. The maximum atomic E-state index is 13.1. The molecule has 9 nitrogen and oxygen atoms in total. The predicted octanol–water partition coefficient (Wildman–Crippen LogP) is 4.50. The van der Waals surface area contributed by atoms with Gasteiger partial charge in [-0.2, -0.15) is 9.98 Å². The molecule has 0 spiro atoms. The maximum absolute atomic E-state index is 13.1. The number of carbonyl (C=O) groups is 1. The molecule has 0 fully saturated rings. The molecule has 3 rings (SSSR count). The van der Waals surface area contributed by atoms with E-state index in [-0.39, 0.29) is 11.3 Å². The van der Waals surface area contributed by atoms with Gasteiger partial charge in [0.25, 0.3) is 0 Å². The zero-order valence-corrected chi connectivity index (χ0v) is 23.3. The Labute approximate surface area is 229 Å². The smallest absolute Gasteiger partial charge is 0.322 e. The summed E-state index contributed by atoms with van der Waals surface area (Å²) < 4.78 is 28.6. The molecule has 0 aliphatic carbocycles. The van der Waals surface area contributed by atoms with E-state index in [0.29, 0.717) is 29.2 Å². The molecule has 0 aliphatic heterocycles. The van der Waals surface area contributed by atoms with E-state index < -0.39 is 22.0 Å². The lowest BCUT2D eigenvalue weighted by molar-refractivity contribution is -0.138. The van der Waals surface area contributed by atoms with E-state index >= 15 is 0 Å². The minimum atomic E-state index is -4.05. The molecule has 10 heteroatoms. The summed E-state index contributed by atoms with van der Waals surface area (Å²) >= 11 is 0. The summed E-state index contributed by atoms with van der Waals surface area (Å²) in [7, 11) is -4.05. The van der Waals surface area contributed by atoms with Crippen molar-refractivity contribution in [3.8, 4) is 17.3 Å². The number of aliphatic carboxylic acids is 1. The van der Waals surface area contributed by atoms with Crippen LogP contribution in [0.5, 0.6) is 0 Å². The van der Waals surface area contributed by atoms with Gasteiger partial charge in [0.1, 0.15) is 6.04 Å². The van der Waals surface area contributed by atoms with Crippen molar-refractivity contribution in [1.82, 2.24) is 10.0 Å². The number of nitrogens with zero attached hydrogens (tertiary/aromatic N) is 2. The van der Waals surface area contributed by atoms with Gasteiger partial charge in [-0.3, -0.25) is 15.1 Å². The Kier molecular flexibility index (Phi) is 9.82. The third-order valence-corrected chi connectivity index (χ3v) is 7.77. The molecule has 0 saturated carbocycles. The summed E-state index contributed by atoms with van der Waals surface area (Å²) in [5.41, 5.74) is 5.28. The van der Waals surface area contributed by atoms with Crippen LogP contribution in [-0.4, -0.2) is 38.0 Å². The fourth-order valence-electron chi connectivity index (χ4n) is 4.39. The molecule has 4 N–H and O–H groups in total. The van der Waals surface area contributed by atoms with Gasteiger partial charge in [-0.25, -0.2) is 8.42 Å². The van der Waals surface area contributed by atoms with Crippen LogP contribution in [0.1, 0.15) is 35.6 Å². The highest BCUT2D eigenvalue weighted by atomic mass is 32.2. The first-order chi connectivity index (χ1) is 18.5. The molecule has 0 aromatic heterocycles. The van der Waals surface area contributed by atoms with E-state index in [9.17, 15) is 18.3 Å². The van der Waals surface area contributed by atoms with E-state index in [1.807, 2.05) is 56.4 Å². The average molecular weight is 548 g/mol. The number of carboxylic acids is 1. The number of hydrogen-bond acceptors (Lipinski definition) is 5. The summed E-state index contributed by atoms with van der Waals surface area (Å²) in [5.74, 6) is -0.889. The Morgan fingerprint density at radius 3 is 2.28 bits per heavy atom. The van der Waals surface area contributed by atoms with Crippen LogP contribution in [0, 0.1) is 32.2 Å². The standard InChI is InChI=1S/C29H33N5O4S/c1-5-13-31-29(32-18-30)33-25-8-6-7-24(17-25)23-11-9-22(10-12-23)16-26(28(35)36)34-39(37,38)27-20(3)14-19(2)15-21(27)4/h6-12,14-15,17,26,34H,5,13,16H2,1-4H3,(H,35,36)(H2,31,32,33). The molecule has 0 heterocycles. The van der Waals surface area contributed by atoms with Crippen LogP contribution in [0.15, 0.2) is 70.6 Å². The van der Waals surface area contributed by atoms with E-state index in [2.05, 4.69) is 20.3 Å². The third-order valence-electron chi connectivity index (χ3n) is 5.99. The van der Waals surface area contributed by atoms with Crippen LogP contribution in [0.3, 0.4) is 0 Å². The summed E-state index contributed by atoms with van der Waals surface area (Å²) in [6.07, 6.45) is 2.71. The fraction of sp³-hybridized carbons (Fsp3) is 0.276. The second-order valence-corrected chi connectivity index (χ2v) is 11.0. The molecule has 0 aliphatic rings. The molecule has 3 aromatic carbocycles. The van der Waals surface area contributed by atoms with Crippen molar-refractivity contribution < 1.29 is 18.3 Å². The Hall–Kier alpha value is -4.20. The van der Waals surface area contributed by atoms with Crippen LogP contribution in [0.4, 0.5) is 5.69 Å². The number of anilines is 1. The molecule has 1 unspecified atom stereocenters. The normalized spacial score (nSPS) is 12.4. The molecule has 0 radical (unpaired) electrons. The number of nitrogens with one attached hydrogen (secondary N) is 3. The lowest BCUT2D eigenvalue weighted by Crippen LogP contribution is -2.42. The number of rotatable bonds is 10. The van der Waals surface area contributed by atoms with Crippen LogP contribution in [0.2, 0.25) is 0 Å². The fourth-order valence-corrected chi connectivity index (χ4v) is 6.03. The lowest BCUT2D eigenvalue weighted by atomic mass is 10.0. The van der Waals surface area contributed by atoms with Crippen molar-refractivity contribution in [3.05, 3.63) is 82.9 Å². The molecule has 0 bridgehead atoms. The summed E-state index contributed by atoms with van der Waals surface area (Å²) in [6.45, 7) is 7.86. The second-order valence-electron chi connectivity index (χ2n) is 9.31. The Balaban J connectivity index is 1.78. The highest BCUT2D eigenvalue weighted by Crippen LogP contribution is 2.25. The van der Waals surface area contributed by atoms with Crippen LogP contribution >= 0.6 is 0 Å². The van der Waals surface area contributed by atoms with E-state index in [1.165, 1.54) is 0 Å². The van der Waals surface area contributed by atoms with Crippen molar-refractivity contribution in [3.63, 3.8) is 0 Å². The van der Waals surface area contributed by atoms with Gasteiger partial charge in [-0.05, 0) is 73.6 Å². The Morgan fingerprint density at radius 2 is 1.69 bits per heavy atom. The quantitative estimate of drug-likeness (QED) is 0.127. The van der Waals surface area contributed by atoms with Gasteiger partial charge in [0.05, 0.1) is 4.90 Å². The monoisotopic (exact) mass is 547 g/mol. The number of aliphatic imine (C=N–C) groups is 1. The number of sulfonamides is 1. The minimum absolute atomic E-state index is 0.0164. The molecule has 3 aromatic rings. The van der Waals surface area contributed by atoms with Crippen LogP contribution in [0.25, 0.3) is 11.1 Å². The topological polar surface area (TPSA) is 144 Å². The van der Waals surface area contributed by atoms with Crippen molar-refractivity contribution in [2.24, 2.45) is 4.99 Å². The van der Waals surface area contributed by atoms with Crippen molar-refractivity contribution in [2.75, 3.05) is 11.9 Å². The molecule has 39 heavy (non-hydrogen) atoms. The number of carboxylic acid groups (broad SMARTS) is 1. The minimum Gasteiger partial charge on any atom is -0.480 e. The van der Waals surface area contributed by atoms with Gasteiger partial charge >= 0.3 is 5.97 Å². The zero-order chi connectivity index (χ0) is 28.6. The number of aryl methyl sites for hydroxylation is 3.